The van der Waals surface area contributed by atoms with Gasteiger partial charge in [-0.05, 0) is 145 Å². The smallest absolute Gasteiger partial charge is 0.342 e. The summed E-state index contributed by atoms with van der Waals surface area (Å²) in [6, 6.07) is -1.25. The number of methoxy groups -OCH3 is 4. The molecule has 0 spiro atoms. The molecule has 8 aliphatic rings. The number of aliphatic hydroxyl groups is 2. The third kappa shape index (κ3) is 17.2. The summed E-state index contributed by atoms with van der Waals surface area (Å²) in [5.41, 5.74) is 0.369. The summed E-state index contributed by atoms with van der Waals surface area (Å²) in [6.07, 6.45) is 8.28. The molecular weight excluding hydrogens is 1330 g/mol. The van der Waals surface area contributed by atoms with Gasteiger partial charge in [-0.25, -0.2) is 19.2 Å². The second kappa shape index (κ2) is 34.2. The minimum atomic E-state index is -2.51. The zero-order chi connectivity index (χ0) is 75.2. The number of aliphatic hydroxyl groups excluding tert-OH is 1. The van der Waals surface area contributed by atoms with Crippen molar-refractivity contribution >= 4 is 58.9 Å². The van der Waals surface area contributed by atoms with E-state index in [1.54, 1.807) is 40.9 Å². The Morgan fingerprint density at radius 2 is 1.50 bits per heavy atom. The number of allylic oxidation sites excluding steroid dienone is 7. The van der Waals surface area contributed by atoms with Crippen LogP contribution in [-0.4, -0.2) is 202 Å². The average Bonchev–Trinajstić information content (AvgIpc) is 1.63. The number of esters is 5. The number of cyclic esters (lactones) is 2. The van der Waals surface area contributed by atoms with Gasteiger partial charge in [0.2, 0.25) is 11.6 Å². The number of ketones is 4. The number of hydrogen-bond acceptors (Lipinski definition) is 24. The van der Waals surface area contributed by atoms with E-state index < -0.39 is 174 Å². The lowest BCUT2D eigenvalue weighted by molar-refractivity contribution is -0.265. The van der Waals surface area contributed by atoms with Crippen LogP contribution >= 0.6 is 0 Å². The fraction of sp³-hybridized carbons (Fsp3) is 0.692. The summed E-state index contributed by atoms with van der Waals surface area (Å²) in [5, 5.41) is 23.8. The normalized spacial score (nSPS) is 37.9. The molecule has 2 saturated carbocycles. The molecule has 4 aliphatic heterocycles. The van der Waals surface area contributed by atoms with Crippen molar-refractivity contribution in [3.63, 3.8) is 0 Å². The lowest BCUT2D eigenvalue weighted by Gasteiger charge is -2.52. The molecule has 2 saturated heterocycles. The Hall–Kier alpha value is -6.84. The van der Waals surface area contributed by atoms with Gasteiger partial charge in [0, 0.05) is 89.1 Å². The van der Waals surface area contributed by atoms with Gasteiger partial charge in [-0.2, -0.15) is 0 Å². The number of carbonyl (C=O) groups is 10. The number of Topliss-reactive ketones (excluding diaryl/α,β-unsaturated/α-hetero) is 4. The van der Waals surface area contributed by atoms with Crippen molar-refractivity contribution in [2.24, 2.45) is 46.8 Å². The maximum absolute atomic E-state index is 14.8. The molecule has 568 valence electrons. The van der Waals surface area contributed by atoms with Gasteiger partial charge in [0.15, 0.2) is 11.5 Å². The van der Waals surface area contributed by atoms with E-state index >= 15 is 0 Å². The van der Waals surface area contributed by atoms with Crippen LogP contribution in [0.1, 0.15) is 192 Å². The topological polar surface area (TPSA) is 329 Å². The van der Waals surface area contributed by atoms with Crippen LogP contribution in [0.2, 0.25) is 0 Å². The second-order valence-electron chi connectivity index (χ2n) is 30.5. The summed E-state index contributed by atoms with van der Waals surface area (Å²) in [7, 11) is 5.86. The minimum Gasteiger partial charge on any atom is -0.460 e. The van der Waals surface area contributed by atoms with Crippen molar-refractivity contribution in [2.45, 2.75) is 244 Å². The number of carbonyl (C=O) groups excluding carboxylic acids is 10. The van der Waals surface area contributed by atoms with Crippen LogP contribution in [0.5, 0.6) is 0 Å². The number of nitrogens with zero attached hydrogens (tertiary/aromatic N) is 1. The molecule has 5 heterocycles. The van der Waals surface area contributed by atoms with Crippen molar-refractivity contribution in [3.05, 3.63) is 81.9 Å². The van der Waals surface area contributed by atoms with Crippen molar-refractivity contribution in [2.75, 3.05) is 54.8 Å². The number of fused-ring (bicyclic) bond motifs is 6. The van der Waals surface area contributed by atoms with E-state index in [9.17, 15) is 58.2 Å². The number of ether oxygens (including phenoxy) is 11. The Balaban J connectivity index is 0.859. The fourth-order valence-electron chi connectivity index (χ4n) is 17.5. The van der Waals surface area contributed by atoms with Gasteiger partial charge in [0.25, 0.3) is 11.7 Å². The molecule has 1 amide bonds. The van der Waals surface area contributed by atoms with Gasteiger partial charge < -0.3 is 71.6 Å². The second-order valence-corrected chi connectivity index (χ2v) is 30.5. The third-order valence-corrected chi connectivity index (χ3v) is 23.3. The van der Waals surface area contributed by atoms with Gasteiger partial charge in [-0.15, -0.1) is 0 Å². The van der Waals surface area contributed by atoms with Crippen LogP contribution in [-0.2, 0) is 95.9 Å². The van der Waals surface area contributed by atoms with Crippen LogP contribution in [0.15, 0.2) is 69.4 Å². The molecule has 1 aromatic heterocycles. The maximum Gasteiger partial charge on any atom is 0.342 e. The molecule has 0 aromatic carbocycles. The van der Waals surface area contributed by atoms with Crippen LogP contribution in [0.4, 0.5) is 0 Å². The van der Waals surface area contributed by atoms with Crippen molar-refractivity contribution in [1.29, 1.82) is 0 Å². The molecule has 4 aliphatic carbocycles. The lowest BCUT2D eigenvalue weighted by atomic mass is 9.54. The highest BCUT2D eigenvalue weighted by atomic mass is 16.6. The molecule has 2 N–H and O–H groups in total. The Morgan fingerprint density at radius 1 is 0.777 bits per heavy atom. The predicted octanol–water partition coefficient (Wildman–Crippen LogP) is 8.64. The largest absolute Gasteiger partial charge is 0.460 e. The van der Waals surface area contributed by atoms with E-state index in [2.05, 4.69) is 0 Å². The van der Waals surface area contributed by atoms with Crippen molar-refractivity contribution < 1.29 is 115 Å². The molecule has 25 heteroatoms. The molecule has 21 atom stereocenters. The van der Waals surface area contributed by atoms with Crippen molar-refractivity contribution in [1.82, 2.24) is 4.90 Å². The number of piperidine rings is 1. The summed E-state index contributed by atoms with van der Waals surface area (Å²) >= 11 is 0. The Morgan fingerprint density at radius 3 is 2.19 bits per heavy atom. The summed E-state index contributed by atoms with van der Waals surface area (Å²) < 4.78 is 70.9. The summed E-state index contributed by atoms with van der Waals surface area (Å²) in [5.74, 6) is -12.9. The molecule has 4 fully saturated rings. The number of rotatable bonds is 15. The molecule has 9 rings (SSSR count). The van der Waals surface area contributed by atoms with Crippen LogP contribution in [0.25, 0.3) is 0 Å². The third-order valence-electron chi connectivity index (χ3n) is 23.3. The highest BCUT2D eigenvalue weighted by molar-refractivity contribution is 6.39. The maximum atomic E-state index is 14.8. The van der Waals surface area contributed by atoms with E-state index in [0.29, 0.717) is 92.9 Å². The van der Waals surface area contributed by atoms with Gasteiger partial charge in [0.05, 0.1) is 30.3 Å². The zero-order valence-electron chi connectivity index (χ0n) is 62.2. The fourth-order valence-corrected chi connectivity index (χ4v) is 17.5. The molecule has 1 aromatic rings. The highest BCUT2D eigenvalue weighted by Crippen LogP contribution is 2.63. The summed E-state index contributed by atoms with van der Waals surface area (Å²) in [6.45, 7) is 16.1. The van der Waals surface area contributed by atoms with E-state index in [-0.39, 0.29) is 73.6 Å². The molecule has 25 nitrogen and oxygen atoms in total. The Kier molecular flexibility index (Phi) is 26.6. The van der Waals surface area contributed by atoms with E-state index in [4.69, 9.17) is 56.5 Å². The van der Waals surface area contributed by atoms with Gasteiger partial charge >= 0.3 is 29.8 Å². The van der Waals surface area contributed by atoms with E-state index in [1.165, 1.54) is 34.5 Å². The lowest BCUT2D eigenvalue weighted by Crippen LogP contribution is -2.61. The molecule has 1 unspecified atom stereocenters. The first-order valence-electron chi connectivity index (χ1n) is 36.6. The van der Waals surface area contributed by atoms with Gasteiger partial charge in [0.1, 0.15) is 79.6 Å². The number of amides is 1. The zero-order valence-corrected chi connectivity index (χ0v) is 62.2. The monoisotopic (exact) mass is 1440 g/mol. The number of hydrogen-bond donors (Lipinski definition) is 2. The number of furan rings is 1. The Labute approximate surface area is 603 Å². The standard InChI is InChI=1S/C78H107NO24/c1-41-20-16-15-17-21-42(2)56(93-12)34-50-25-23-47(7)78(91,103-50)72(87)73(88)79-29-19-18-22-53(79)75(90)100-57(35-54(81)43(3)31-46(6)68(85)71(95-14)67(84)45(5)30-41)44(4)32-49-24-27-55(58(33-49)94-13)99-62(82)39-96-40-63(83)101-60-28-26-52-64-66(59(98-48(8)80)36-76(52,60)9)77(10)61(38-92-11)102-74(89)51-37-97-70(65(51)77)69(64)86/h15-17,20-21,31,37,41,43-45,47,49-50,52-53,55-61,68,71,85,91H,18-19,22-30,32-36,38-40H2,1-14H3/b17-15+,20-16+,42-21+,46-31+/t41-,43-,44+,45-,47-,49+,50+,52?,53+,55-,56+,57+,58-,59-,60+,61-,68-,71+,76+,77+,78-/m1/s1. The van der Waals surface area contributed by atoms with E-state index in [1.807, 2.05) is 65.0 Å². The van der Waals surface area contributed by atoms with E-state index in [0.717, 1.165) is 10.5 Å². The minimum absolute atomic E-state index is 0.00926. The molecule has 103 heavy (non-hydrogen) atoms. The first-order valence-corrected chi connectivity index (χ1v) is 36.6. The first kappa shape index (κ1) is 80.3. The summed E-state index contributed by atoms with van der Waals surface area (Å²) in [4.78, 5) is 141. The average molecular weight is 1440 g/mol. The SMILES string of the molecule is COC[C@H]1OC(=O)c2coc3c2[C@@]1(C)C1=C(C3=O)C2CC[C@H](OC(=O)COCC(=O)O[C@@H]3CC[C@@H](C[C@H](C)[C@@H]4CC(=O)[C@H](C)/C=C(\C)[C@@H](O)[C@@H](OC)C(=O)[C@H](C)C[C@H](C)/C=C/C=C/C=C(\C)[C@@H](OC)C[C@@H]5CC[C@@H](C)[C@@](O)(O5)C(=O)C(=O)N5CCCC[C@H]5C(=O)O4)C[C@H]3OC)[C@@]2(C)C[C@H]1OC(C)=O. The van der Waals surface area contributed by atoms with Crippen LogP contribution in [0, 0.1) is 46.8 Å². The van der Waals surface area contributed by atoms with Crippen LogP contribution in [0.3, 0.4) is 0 Å². The first-order chi connectivity index (χ1) is 48.8. The van der Waals surface area contributed by atoms with Crippen LogP contribution < -0.4 is 0 Å². The molecule has 2 bridgehead atoms. The molecular formula is C78H107NO24. The van der Waals surface area contributed by atoms with Gasteiger partial charge in [-0.3, -0.25) is 28.8 Å². The quantitative estimate of drug-likeness (QED) is 0.0717. The van der Waals surface area contributed by atoms with Gasteiger partial charge in [-0.1, -0.05) is 78.0 Å². The predicted molar refractivity (Wildman–Crippen MR) is 369 cm³/mol. The highest BCUT2D eigenvalue weighted by Gasteiger charge is 2.65. The van der Waals surface area contributed by atoms with Crippen molar-refractivity contribution in [3.8, 4) is 0 Å². The Bertz CT molecular complexity index is 3500. The molecule has 0 radical (unpaired) electrons.